The number of ether oxygens (including phenoxy) is 1. The molecular weight excluding hydrogens is 338 g/mol. The molecule has 1 aromatic rings. The van der Waals surface area contributed by atoms with E-state index in [1.807, 2.05) is 0 Å². The number of likely N-dealkylation sites (N-methyl/N-ethyl adjacent to an activating group) is 1. The second-order valence-electron chi connectivity index (χ2n) is 6.58. The van der Waals surface area contributed by atoms with Gasteiger partial charge in [0.2, 0.25) is 11.6 Å². The SMILES string of the molecule is CNC(=O)COC(=O)[C@@]12CCC(=O)N1c1ccccc1C(=O)N2C(C)C. The van der Waals surface area contributed by atoms with Crippen LogP contribution in [0.25, 0.3) is 0 Å². The Morgan fingerprint density at radius 2 is 1.96 bits per heavy atom. The molecule has 2 heterocycles. The highest BCUT2D eigenvalue weighted by molar-refractivity contribution is 6.15. The molecule has 1 saturated heterocycles. The van der Waals surface area contributed by atoms with Crippen LogP contribution >= 0.6 is 0 Å². The van der Waals surface area contributed by atoms with Crippen LogP contribution in [-0.2, 0) is 19.1 Å². The summed E-state index contributed by atoms with van der Waals surface area (Å²) in [5, 5.41) is 2.37. The molecular formula is C18H21N3O5. The monoisotopic (exact) mass is 359 g/mol. The smallest absolute Gasteiger partial charge is 0.354 e. The molecule has 1 aromatic carbocycles. The second-order valence-corrected chi connectivity index (χ2v) is 6.58. The van der Waals surface area contributed by atoms with Crippen molar-refractivity contribution in [3.63, 3.8) is 0 Å². The average molecular weight is 359 g/mol. The summed E-state index contributed by atoms with van der Waals surface area (Å²) in [7, 11) is 1.43. The zero-order valence-electron chi connectivity index (χ0n) is 14.9. The van der Waals surface area contributed by atoms with Gasteiger partial charge in [-0.05, 0) is 26.0 Å². The van der Waals surface area contributed by atoms with E-state index in [1.54, 1.807) is 38.1 Å². The van der Waals surface area contributed by atoms with Crippen molar-refractivity contribution in [2.45, 2.75) is 38.4 Å². The second kappa shape index (κ2) is 6.44. The minimum Gasteiger partial charge on any atom is -0.452 e. The Balaban J connectivity index is 2.13. The Morgan fingerprint density at radius 3 is 2.62 bits per heavy atom. The Bertz CT molecular complexity index is 791. The number of benzene rings is 1. The molecule has 138 valence electrons. The lowest BCUT2D eigenvalue weighted by Crippen LogP contribution is -2.70. The predicted molar refractivity (Wildman–Crippen MR) is 92.2 cm³/mol. The molecule has 1 atom stereocenters. The first kappa shape index (κ1) is 17.9. The first-order chi connectivity index (χ1) is 12.3. The topological polar surface area (TPSA) is 96.0 Å². The number of para-hydroxylation sites is 1. The Morgan fingerprint density at radius 1 is 1.27 bits per heavy atom. The lowest BCUT2D eigenvalue weighted by atomic mass is 9.95. The molecule has 0 spiro atoms. The first-order valence-corrected chi connectivity index (χ1v) is 8.48. The third-order valence-electron chi connectivity index (χ3n) is 4.76. The van der Waals surface area contributed by atoms with Crippen LogP contribution in [0, 0.1) is 0 Å². The summed E-state index contributed by atoms with van der Waals surface area (Å²) >= 11 is 0. The first-order valence-electron chi connectivity index (χ1n) is 8.48. The molecule has 26 heavy (non-hydrogen) atoms. The molecule has 0 radical (unpaired) electrons. The summed E-state index contributed by atoms with van der Waals surface area (Å²) in [4.78, 5) is 53.0. The standard InChI is InChI=1S/C18H21N3O5/c1-11(2)20-16(24)12-6-4-5-7-13(12)21-15(23)8-9-18(20,21)17(25)26-10-14(22)19-3/h4-7,11H,8-10H2,1-3H3,(H,19,22)/t18-/m1/s1. The predicted octanol–water partition coefficient (Wildman–Crippen LogP) is 0.663. The number of amides is 3. The summed E-state index contributed by atoms with van der Waals surface area (Å²) in [6.07, 6.45) is 0.233. The Labute approximate surface area is 151 Å². The molecule has 0 aliphatic carbocycles. The lowest BCUT2D eigenvalue weighted by Gasteiger charge is -2.50. The number of fused-ring (bicyclic) bond motifs is 3. The van der Waals surface area contributed by atoms with E-state index < -0.39 is 24.1 Å². The van der Waals surface area contributed by atoms with Gasteiger partial charge in [0.05, 0.1) is 11.3 Å². The summed E-state index contributed by atoms with van der Waals surface area (Å²) in [5.74, 6) is -1.83. The van der Waals surface area contributed by atoms with Gasteiger partial charge in [-0.2, -0.15) is 0 Å². The van der Waals surface area contributed by atoms with Gasteiger partial charge < -0.3 is 15.0 Å². The van der Waals surface area contributed by atoms with Crippen molar-refractivity contribution in [2.24, 2.45) is 0 Å². The zero-order chi connectivity index (χ0) is 19.1. The van der Waals surface area contributed by atoms with E-state index >= 15 is 0 Å². The maximum Gasteiger partial charge on any atom is 0.354 e. The van der Waals surface area contributed by atoms with E-state index in [4.69, 9.17) is 4.74 Å². The van der Waals surface area contributed by atoms with Gasteiger partial charge >= 0.3 is 5.97 Å². The molecule has 0 bridgehead atoms. The number of carbonyl (C=O) groups is 4. The van der Waals surface area contributed by atoms with Gasteiger partial charge in [-0.15, -0.1) is 0 Å². The minimum absolute atomic E-state index is 0.111. The number of nitrogens with one attached hydrogen (secondary N) is 1. The normalized spacial score (nSPS) is 21.5. The number of carbonyl (C=O) groups excluding carboxylic acids is 4. The fourth-order valence-electron chi connectivity index (χ4n) is 3.69. The summed E-state index contributed by atoms with van der Waals surface area (Å²) in [6.45, 7) is 3.09. The third kappa shape index (κ3) is 2.44. The highest BCUT2D eigenvalue weighted by Gasteiger charge is 2.62. The van der Waals surface area contributed by atoms with E-state index in [0.717, 1.165) is 0 Å². The minimum atomic E-state index is -1.56. The molecule has 3 rings (SSSR count). The van der Waals surface area contributed by atoms with Crippen LogP contribution < -0.4 is 10.2 Å². The Kier molecular flexibility index (Phi) is 4.43. The maximum atomic E-state index is 13.1. The maximum absolute atomic E-state index is 13.1. The van der Waals surface area contributed by atoms with Crippen LogP contribution in [0.5, 0.6) is 0 Å². The van der Waals surface area contributed by atoms with Gasteiger partial charge in [-0.3, -0.25) is 19.3 Å². The average Bonchev–Trinajstić information content (AvgIpc) is 2.97. The van der Waals surface area contributed by atoms with Gasteiger partial charge in [-0.25, -0.2) is 4.79 Å². The van der Waals surface area contributed by atoms with Crippen molar-refractivity contribution in [2.75, 3.05) is 18.6 Å². The summed E-state index contributed by atoms with van der Waals surface area (Å²) in [5.41, 5.74) is -0.801. The third-order valence-corrected chi connectivity index (χ3v) is 4.76. The van der Waals surface area contributed by atoms with Crippen molar-refractivity contribution < 1.29 is 23.9 Å². The highest BCUT2D eigenvalue weighted by atomic mass is 16.5. The molecule has 2 aliphatic rings. The highest BCUT2D eigenvalue weighted by Crippen LogP contribution is 2.45. The molecule has 0 saturated carbocycles. The van der Waals surface area contributed by atoms with Crippen molar-refractivity contribution in [1.29, 1.82) is 0 Å². The van der Waals surface area contributed by atoms with E-state index in [-0.39, 0.29) is 30.7 Å². The fourth-order valence-corrected chi connectivity index (χ4v) is 3.69. The van der Waals surface area contributed by atoms with Crippen molar-refractivity contribution in [3.05, 3.63) is 29.8 Å². The summed E-state index contributed by atoms with van der Waals surface area (Å²) < 4.78 is 5.19. The molecule has 0 unspecified atom stereocenters. The number of nitrogens with zero attached hydrogens (tertiary/aromatic N) is 2. The fraction of sp³-hybridized carbons (Fsp3) is 0.444. The van der Waals surface area contributed by atoms with Crippen LogP contribution in [0.1, 0.15) is 37.0 Å². The number of rotatable bonds is 4. The number of anilines is 1. The quantitative estimate of drug-likeness (QED) is 0.797. The van der Waals surface area contributed by atoms with Crippen LogP contribution in [-0.4, -0.2) is 54.0 Å². The zero-order valence-corrected chi connectivity index (χ0v) is 14.9. The van der Waals surface area contributed by atoms with Gasteiger partial charge in [0.1, 0.15) is 0 Å². The number of esters is 1. The molecule has 0 aromatic heterocycles. The summed E-state index contributed by atoms with van der Waals surface area (Å²) in [6, 6.07) is 6.36. The van der Waals surface area contributed by atoms with Crippen LogP contribution in [0.4, 0.5) is 5.69 Å². The van der Waals surface area contributed by atoms with Crippen LogP contribution in [0.15, 0.2) is 24.3 Å². The van der Waals surface area contributed by atoms with Crippen molar-refractivity contribution in [3.8, 4) is 0 Å². The lowest BCUT2D eigenvalue weighted by molar-refractivity contribution is -0.161. The van der Waals surface area contributed by atoms with E-state index in [9.17, 15) is 19.2 Å². The molecule has 8 nitrogen and oxygen atoms in total. The van der Waals surface area contributed by atoms with Crippen molar-refractivity contribution >= 4 is 29.4 Å². The van der Waals surface area contributed by atoms with Gasteiger partial charge in [0, 0.05) is 25.9 Å². The van der Waals surface area contributed by atoms with Gasteiger partial charge in [0.25, 0.3) is 11.8 Å². The molecule has 1 fully saturated rings. The van der Waals surface area contributed by atoms with Crippen LogP contribution in [0.3, 0.4) is 0 Å². The van der Waals surface area contributed by atoms with Crippen molar-refractivity contribution in [1.82, 2.24) is 10.2 Å². The Hall–Kier alpha value is -2.90. The molecule has 2 aliphatic heterocycles. The van der Waals surface area contributed by atoms with Crippen LogP contribution in [0.2, 0.25) is 0 Å². The van der Waals surface area contributed by atoms with E-state index in [2.05, 4.69) is 5.32 Å². The number of hydrogen-bond donors (Lipinski definition) is 1. The molecule has 8 heteroatoms. The number of hydrogen-bond acceptors (Lipinski definition) is 5. The van der Waals surface area contributed by atoms with Gasteiger partial charge in [0.15, 0.2) is 6.61 Å². The van der Waals surface area contributed by atoms with E-state index in [1.165, 1.54) is 16.8 Å². The van der Waals surface area contributed by atoms with E-state index in [0.29, 0.717) is 11.3 Å². The largest absolute Gasteiger partial charge is 0.452 e. The molecule has 3 amide bonds. The molecule has 1 N–H and O–H groups in total. The van der Waals surface area contributed by atoms with Gasteiger partial charge in [-0.1, -0.05) is 12.1 Å².